The third-order valence-corrected chi connectivity index (χ3v) is 6.95. The third kappa shape index (κ3) is 5.43. The molecule has 2 aromatic carbocycles. The summed E-state index contributed by atoms with van der Waals surface area (Å²) in [5, 5.41) is 12.1. The molecule has 0 atom stereocenters. The predicted molar refractivity (Wildman–Crippen MR) is 133 cm³/mol. The molecular weight excluding hydrogens is 457 g/mol. The average Bonchev–Trinajstić information content (AvgIpc) is 3.25. The fourth-order valence-corrected chi connectivity index (χ4v) is 4.70. The van der Waals surface area contributed by atoms with Gasteiger partial charge in [-0.15, -0.1) is 0 Å². The molecule has 0 bridgehead atoms. The van der Waals surface area contributed by atoms with Gasteiger partial charge in [-0.3, -0.25) is 9.36 Å². The topological polar surface area (TPSA) is 58.4 Å². The lowest BCUT2D eigenvalue weighted by Gasteiger charge is -2.38. The highest BCUT2D eigenvalue weighted by atomic mass is 35.5. The van der Waals surface area contributed by atoms with E-state index in [1.165, 1.54) is 0 Å². The van der Waals surface area contributed by atoms with Crippen molar-refractivity contribution in [2.24, 2.45) is 0 Å². The molecule has 4 rings (SSSR count). The van der Waals surface area contributed by atoms with Crippen LogP contribution in [-0.4, -0.2) is 44.2 Å². The summed E-state index contributed by atoms with van der Waals surface area (Å²) < 4.78 is 1.87. The first-order valence-corrected chi connectivity index (χ1v) is 12.3. The Balaban J connectivity index is 1.60. The van der Waals surface area contributed by atoms with Crippen molar-refractivity contribution in [1.82, 2.24) is 14.5 Å². The molecule has 7 heteroatoms. The Morgan fingerprint density at radius 2 is 1.76 bits per heavy atom. The van der Waals surface area contributed by atoms with Gasteiger partial charge in [0.05, 0.1) is 10.6 Å². The first-order chi connectivity index (χ1) is 15.9. The van der Waals surface area contributed by atoms with Gasteiger partial charge in [0, 0.05) is 35.6 Å². The van der Waals surface area contributed by atoms with Gasteiger partial charge < -0.3 is 10.0 Å². The van der Waals surface area contributed by atoms with Gasteiger partial charge in [0.1, 0.15) is 11.5 Å². The number of benzene rings is 2. The van der Waals surface area contributed by atoms with E-state index in [9.17, 15) is 9.90 Å². The standard InChI is InChI=1S/C26H29Cl2N3O2/c1-2-3-6-13-26(33)14-16-30(17-15-26)25(32)23-18-31(20-11-9-19(27)10-12-20)24(29-23)21-7-4-5-8-22(21)28/h4-5,7-12,18,33H,2-3,6,13-17H2,1H3. The number of carbonyl (C=O) groups is 1. The van der Waals surface area contributed by atoms with Crippen molar-refractivity contribution in [3.63, 3.8) is 0 Å². The van der Waals surface area contributed by atoms with E-state index in [2.05, 4.69) is 6.92 Å². The van der Waals surface area contributed by atoms with Crippen LogP contribution in [0.5, 0.6) is 0 Å². The summed E-state index contributed by atoms with van der Waals surface area (Å²) in [7, 11) is 0. The number of amides is 1. The number of imidazole rings is 1. The minimum absolute atomic E-state index is 0.133. The number of halogens is 2. The zero-order valence-electron chi connectivity index (χ0n) is 18.8. The number of piperidine rings is 1. The molecule has 3 aromatic rings. The molecule has 1 fully saturated rings. The molecule has 5 nitrogen and oxygen atoms in total. The summed E-state index contributed by atoms with van der Waals surface area (Å²) in [6.07, 6.45) is 7.02. The van der Waals surface area contributed by atoms with E-state index in [0.717, 1.165) is 36.9 Å². The van der Waals surface area contributed by atoms with E-state index >= 15 is 0 Å². The van der Waals surface area contributed by atoms with Crippen LogP contribution in [0.4, 0.5) is 0 Å². The predicted octanol–water partition coefficient (Wildman–Crippen LogP) is 6.39. The highest BCUT2D eigenvalue weighted by molar-refractivity contribution is 6.33. The van der Waals surface area contributed by atoms with Gasteiger partial charge in [-0.05, 0) is 55.7 Å². The Morgan fingerprint density at radius 1 is 1.06 bits per heavy atom. The SMILES string of the molecule is CCCCCC1(O)CCN(C(=O)c2cn(-c3ccc(Cl)cc3)c(-c3ccccc3Cl)n2)CC1. The first kappa shape index (κ1) is 23.8. The highest BCUT2D eigenvalue weighted by Crippen LogP contribution is 2.32. The normalized spacial score (nSPS) is 15.6. The third-order valence-electron chi connectivity index (χ3n) is 6.37. The number of likely N-dealkylation sites (tertiary alicyclic amines) is 1. The van der Waals surface area contributed by atoms with Gasteiger partial charge in [0.15, 0.2) is 0 Å². The van der Waals surface area contributed by atoms with Crippen LogP contribution in [0.2, 0.25) is 10.0 Å². The van der Waals surface area contributed by atoms with Crippen molar-refractivity contribution >= 4 is 29.1 Å². The van der Waals surface area contributed by atoms with Gasteiger partial charge in [-0.25, -0.2) is 4.98 Å². The van der Waals surface area contributed by atoms with Gasteiger partial charge >= 0.3 is 0 Å². The smallest absolute Gasteiger partial charge is 0.274 e. The number of carbonyl (C=O) groups excluding carboxylic acids is 1. The minimum atomic E-state index is -0.669. The minimum Gasteiger partial charge on any atom is -0.390 e. The Labute approximate surface area is 205 Å². The zero-order valence-corrected chi connectivity index (χ0v) is 20.3. The van der Waals surface area contributed by atoms with Crippen molar-refractivity contribution < 1.29 is 9.90 Å². The van der Waals surface area contributed by atoms with E-state index < -0.39 is 5.60 Å². The highest BCUT2D eigenvalue weighted by Gasteiger charge is 2.34. The number of unbranched alkanes of at least 4 members (excludes halogenated alkanes) is 2. The van der Waals surface area contributed by atoms with Crippen LogP contribution < -0.4 is 0 Å². The largest absolute Gasteiger partial charge is 0.390 e. The maximum Gasteiger partial charge on any atom is 0.274 e. The van der Waals surface area contributed by atoms with Crippen molar-refractivity contribution in [3.05, 3.63) is 70.5 Å². The summed E-state index contributed by atoms with van der Waals surface area (Å²) in [5.41, 5.74) is 1.27. The van der Waals surface area contributed by atoms with Crippen molar-refractivity contribution in [3.8, 4) is 17.1 Å². The molecule has 0 radical (unpaired) electrons. The van der Waals surface area contributed by atoms with E-state index in [4.69, 9.17) is 28.2 Å². The zero-order chi connectivity index (χ0) is 23.4. The second-order valence-corrected chi connectivity index (χ2v) is 9.59. The van der Waals surface area contributed by atoms with Crippen molar-refractivity contribution in [1.29, 1.82) is 0 Å². The number of aliphatic hydroxyl groups is 1. The van der Waals surface area contributed by atoms with Crippen LogP contribution in [0.25, 0.3) is 17.1 Å². The van der Waals surface area contributed by atoms with Gasteiger partial charge in [-0.2, -0.15) is 0 Å². The monoisotopic (exact) mass is 485 g/mol. The maximum absolute atomic E-state index is 13.4. The van der Waals surface area contributed by atoms with E-state index in [0.29, 0.717) is 47.5 Å². The van der Waals surface area contributed by atoms with Crippen LogP contribution in [0.1, 0.15) is 55.9 Å². The van der Waals surface area contributed by atoms with Crippen LogP contribution in [0.15, 0.2) is 54.7 Å². The van der Waals surface area contributed by atoms with Crippen LogP contribution in [-0.2, 0) is 0 Å². The molecule has 174 valence electrons. The lowest BCUT2D eigenvalue weighted by Crippen LogP contribution is -2.46. The van der Waals surface area contributed by atoms with Crippen molar-refractivity contribution in [2.45, 2.75) is 51.0 Å². The summed E-state index contributed by atoms with van der Waals surface area (Å²) in [4.78, 5) is 19.8. The number of nitrogens with zero attached hydrogens (tertiary/aromatic N) is 3. The Bertz CT molecular complexity index is 1100. The lowest BCUT2D eigenvalue weighted by molar-refractivity contribution is -0.0246. The molecule has 0 aliphatic carbocycles. The molecule has 2 heterocycles. The molecule has 1 saturated heterocycles. The van der Waals surface area contributed by atoms with Gasteiger partial charge in [0.2, 0.25) is 0 Å². The van der Waals surface area contributed by atoms with Gasteiger partial charge in [-0.1, -0.05) is 61.5 Å². The first-order valence-electron chi connectivity index (χ1n) is 11.5. The summed E-state index contributed by atoms with van der Waals surface area (Å²) in [6.45, 7) is 3.21. The van der Waals surface area contributed by atoms with E-state index in [1.54, 1.807) is 23.2 Å². The van der Waals surface area contributed by atoms with Crippen LogP contribution in [0.3, 0.4) is 0 Å². The number of rotatable bonds is 7. The maximum atomic E-state index is 13.4. The molecule has 1 aliphatic rings. The lowest BCUT2D eigenvalue weighted by atomic mass is 9.86. The molecule has 0 spiro atoms. The second kappa shape index (κ2) is 10.3. The second-order valence-electron chi connectivity index (χ2n) is 8.75. The number of hydrogen-bond donors (Lipinski definition) is 1. The Kier molecular flexibility index (Phi) is 7.42. The fourth-order valence-electron chi connectivity index (χ4n) is 4.36. The summed E-state index contributed by atoms with van der Waals surface area (Å²) in [5.74, 6) is 0.464. The van der Waals surface area contributed by atoms with Crippen LogP contribution in [0, 0.1) is 0 Å². The van der Waals surface area contributed by atoms with Gasteiger partial charge in [0.25, 0.3) is 5.91 Å². The van der Waals surface area contributed by atoms with E-state index in [1.807, 2.05) is 41.0 Å². The number of hydrogen-bond acceptors (Lipinski definition) is 3. The Morgan fingerprint density at radius 3 is 2.42 bits per heavy atom. The quantitative estimate of drug-likeness (QED) is 0.394. The summed E-state index contributed by atoms with van der Waals surface area (Å²) in [6, 6.07) is 14.8. The molecule has 1 amide bonds. The average molecular weight is 486 g/mol. The number of aromatic nitrogens is 2. The molecule has 1 N–H and O–H groups in total. The molecule has 1 aromatic heterocycles. The van der Waals surface area contributed by atoms with Crippen molar-refractivity contribution in [2.75, 3.05) is 13.1 Å². The van der Waals surface area contributed by atoms with Crippen LogP contribution >= 0.6 is 23.2 Å². The van der Waals surface area contributed by atoms with E-state index in [-0.39, 0.29) is 5.91 Å². The molecule has 0 unspecified atom stereocenters. The molecular formula is C26H29Cl2N3O2. The molecule has 1 aliphatic heterocycles. The Hall–Kier alpha value is -2.34. The summed E-state index contributed by atoms with van der Waals surface area (Å²) >= 11 is 12.5. The molecule has 33 heavy (non-hydrogen) atoms. The molecule has 0 saturated carbocycles. The fraction of sp³-hybridized carbons (Fsp3) is 0.385.